The first kappa shape index (κ1) is 14.5. The molecular formula is C16H24FNO. The van der Waals surface area contributed by atoms with E-state index >= 15 is 0 Å². The normalized spacial score (nSPS) is 17.8. The van der Waals surface area contributed by atoms with Crippen molar-refractivity contribution in [3.05, 3.63) is 35.6 Å². The fourth-order valence-electron chi connectivity index (χ4n) is 2.74. The molecular weight excluding hydrogens is 241 g/mol. The fraction of sp³-hybridized carbons (Fsp3) is 0.625. The van der Waals surface area contributed by atoms with E-state index in [2.05, 4.69) is 11.8 Å². The van der Waals surface area contributed by atoms with Gasteiger partial charge in [-0.05, 0) is 56.5 Å². The molecule has 1 heterocycles. The number of hydrogen-bond acceptors (Lipinski definition) is 2. The molecule has 0 aromatic heterocycles. The van der Waals surface area contributed by atoms with Crippen LogP contribution in [0.1, 0.15) is 44.2 Å². The van der Waals surface area contributed by atoms with Crippen LogP contribution < -0.4 is 0 Å². The highest BCUT2D eigenvalue weighted by molar-refractivity contribution is 5.20. The van der Waals surface area contributed by atoms with Gasteiger partial charge in [0.15, 0.2) is 0 Å². The van der Waals surface area contributed by atoms with Gasteiger partial charge in [0.1, 0.15) is 5.82 Å². The van der Waals surface area contributed by atoms with Gasteiger partial charge in [-0.3, -0.25) is 4.90 Å². The van der Waals surface area contributed by atoms with Gasteiger partial charge in [-0.15, -0.1) is 0 Å². The molecule has 1 fully saturated rings. The van der Waals surface area contributed by atoms with Crippen LogP contribution in [0.4, 0.5) is 4.39 Å². The summed E-state index contributed by atoms with van der Waals surface area (Å²) in [5, 5.41) is 0. The summed E-state index contributed by atoms with van der Waals surface area (Å²) in [5.74, 6) is -0.161. The molecule has 0 saturated carbocycles. The monoisotopic (exact) mass is 265 g/mol. The molecule has 2 nitrogen and oxygen atoms in total. The van der Waals surface area contributed by atoms with Crippen molar-refractivity contribution in [2.24, 2.45) is 0 Å². The summed E-state index contributed by atoms with van der Waals surface area (Å²) in [4.78, 5) is 2.50. The van der Waals surface area contributed by atoms with Crippen LogP contribution in [0, 0.1) is 5.82 Å². The Labute approximate surface area is 115 Å². The standard InChI is InChI=1S/C16H24FNO/c1-2-12-19-13-9-16(18-10-3-4-11-18)14-5-7-15(17)8-6-14/h5-8,16H,2-4,9-13H2,1H3. The molecule has 106 valence electrons. The number of halogens is 1. The van der Waals surface area contributed by atoms with Crippen molar-refractivity contribution in [2.75, 3.05) is 26.3 Å². The van der Waals surface area contributed by atoms with Crippen molar-refractivity contribution >= 4 is 0 Å². The number of hydrogen-bond donors (Lipinski definition) is 0. The smallest absolute Gasteiger partial charge is 0.123 e. The minimum Gasteiger partial charge on any atom is -0.381 e. The van der Waals surface area contributed by atoms with Gasteiger partial charge in [-0.2, -0.15) is 0 Å². The van der Waals surface area contributed by atoms with Gasteiger partial charge in [0, 0.05) is 19.3 Å². The third-order valence-corrected chi connectivity index (χ3v) is 3.72. The molecule has 0 amide bonds. The molecule has 1 atom stereocenters. The van der Waals surface area contributed by atoms with E-state index in [1.807, 2.05) is 12.1 Å². The van der Waals surface area contributed by atoms with Crippen LogP contribution in [0.2, 0.25) is 0 Å². The average Bonchev–Trinajstić information content (AvgIpc) is 2.94. The maximum absolute atomic E-state index is 13.0. The van der Waals surface area contributed by atoms with Crippen LogP contribution in [0.5, 0.6) is 0 Å². The lowest BCUT2D eigenvalue weighted by molar-refractivity contribution is 0.104. The molecule has 1 aromatic rings. The molecule has 19 heavy (non-hydrogen) atoms. The highest BCUT2D eigenvalue weighted by Gasteiger charge is 2.23. The molecule has 0 spiro atoms. The lowest BCUT2D eigenvalue weighted by Gasteiger charge is -2.28. The van der Waals surface area contributed by atoms with Crippen LogP contribution in [0.15, 0.2) is 24.3 Å². The molecule has 1 aromatic carbocycles. The van der Waals surface area contributed by atoms with Crippen molar-refractivity contribution in [3.8, 4) is 0 Å². The number of ether oxygens (including phenoxy) is 1. The fourth-order valence-corrected chi connectivity index (χ4v) is 2.74. The molecule has 0 N–H and O–H groups in total. The highest BCUT2D eigenvalue weighted by atomic mass is 19.1. The Hall–Kier alpha value is -0.930. The molecule has 1 saturated heterocycles. The largest absolute Gasteiger partial charge is 0.381 e. The summed E-state index contributed by atoms with van der Waals surface area (Å²) < 4.78 is 18.7. The maximum Gasteiger partial charge on any atom is 0.123 e. The first-order valence-electron chi connectivity index (χ1n) is 7.38. The summed E-state index contributed by atoms with van der Waals surface area (Å²) in [5.41, 5.74) is 1.21. The van der Waals surface area contributed by atoms with E-state index in [-0.39, 0.29) is 5.82 Å². The Kier molecular flexibility index (Phi) is 5.80. The van der Waals surface area contributed by atoms with E-state index in [4.69, 9.17) is 4.74 Å². The Balaban J connectivity index is 1.98. The zero-order valence-electron chi connectivity index (χ0n) is 11.8. The second kappa shape index (κ2) is 7.61. The topological polar surface area (TPSA) is 12.5 Å². The molecule has 0 radical (unpaired) electrons. The predicted molar refractivity (Wildman–Crippen MR) is 75.7 cm³/mol. The van der Waals surface area contributed by atoms with Crippen LogP contribution in [0.25, 0.3) is 0 Å². The summed E-state index contributed by atoms with van der Waals surface area (Å²) >= 11 is 0. The average molecular weight is 265 g/mol. The van der Waals surface area contributed by atoms with Gasteiger partial charge in [0.25, 0.3) is 0 Å². The van der Waals surface area contributed by atoms with Gasteiger partial charge >= 0.3 is 0 Å². The zero-order chi connectivity index (χ0) is 13.5. The van der Waals surface area contributed by atoms with Crippen LogP contribution >= 0.6 is 0 Å². The van der Waals surface area contributed by atoms with Crippen molar-refractivity contribution in [3.63, 3.8) is 0 Å². The summed E-state index contributed by atoms with van der Waals surface area (Å²) in [6.07, 6.45) is 4.59. The van der Waals surface area contributed by atoms with E-state index in [0.717, 1.165) is 39.1 Å². The van der Waals surface area contributed by atoms with Crippen molar-refractivity contribution in [1.82, 2.24) is 4.90 Å². The van der Waals surface area contributed by atoms with Crippen LogP contribution in [-0.4, -0.2) is 31.2 Å². The van der Waals surface area contributed by atoms with E-state index < -0.39 is 0 Å². The van der Waals surface area contributed by atoms with E-state index in [9.17, 15) is 4.39 Å². The summed E-state index contributed by atoms with van der Waals surface area (Å²) in [6, 6.07) is 7.33. The van der Waals surface area contributed by atoms with E-state index in [1.54, 1.807) is 12.1 Å². The molecule has 2 rings (SSSR count). The Bertz CT molecular complexity index is 360. The summed E-state index contributed by atoms with van der Waals surface area (Å²) in [6.45, 7) is 6.03. The van der Waals surface area contributed by atoms with Gasteiger partial charge in [0.2, 0.25) is 0 Å². The van der Waals surface area contributed by atoms with Crippen molar-refractivity contribution in [1.29, 1.82) is 0 Å². The Morgan fingerprint density at radius 1 is 1.16 bits per heavy atom. The third kappa shape index (κ3) is 4.29. The highest BCUT2D eigenvalue weighted by Crippen LogP contribution is 2.28. The number of benzene rings is 1. The zero-order valence-corrected chi connectivity index (χ0v) is 11.8. The molecule has 1 aliphatic rings. The van der Waals surface area contributed by atoms with Gasteiger partial charge in [0.05, 0.1) is 0 Å². The number of nitrogens with zero attached hydrogens (tertiary/aromatic N) is 1. The summed E-state index contributed by atoms with van der Waals surface area (Å²) in [7, 11) is 0. The van der Waals surface area contributed by atoms with Crippen molar-refractivity contribution in [2.45, 2.75) is 38.6 Å². The lowest BCUT2D eigenvalue weighted by Crippen LogP contribution is -2.26. The number of rotatable bonds is 7. The van der Waals surface area contributed by atoms with E-state index in [1.165, 1.54) is 18.4 Å². The lowest BCUT2D eigenvalue weighted by atomic mass is 10.0. The molecule has 1 unspecified atom stereocenters. The molecule has 1 aliphatic heterocycles. The SMILES string of the molecule is CCCOCCC(c1ccc(F)cc1)N1CCCC1. The quantitative estimate of drug-likeness (QED) is 0.696. The van der Waals surface area contributed by atoms with Crippen LogP contribution in [-0.2, 0) is 4.74 Å². The van der Waals surface area contributed by atoms with Crippen LogP contribution in [0.3, 0.4) is 0 Å². The van der Waals surface area contributed by atoms with Gasteiger partial charge < -0.3 is 4.74 Å². The first-order valence-corrected chi connectivity index (χ1v) is 7.38. The Morgan fingerprint density at radius 2 is 1.84 bits per heavy atom. The molecule has 3 heteroatoms. The van der Waals surface area contributed by atoms with Gasteiger partial charge in [-0.25, -0.2) is 4.39 Å². The maximum atomic E-state index is 13.0. The van der Waals surface area contributed by atoms with Crippen molar-refractivity contribution < 1.29 is 9.13 Å². The Morgan fingerprint density at radius 3 is 2.47 bits per heavy atom. The number of likely N-dealkylation sites (tertiary alicyclic amines) is 1. The molecule has 0 aliphatic carbocycles. The van der Waals surface area contributed by atoms with Gasteiger partial charge in [-0.1, -0.05) is 19.1 Å². The minimum absolute atomic E-state index is 0.161. The second-order valence-corrected chi connectivity index (χ2v) is 5.21. The minimum atomic E-state index is -0.161. The molecule has 0 bridgehead atoms. The second-order valence-electron chi connectivity index (χ2n) is 5.21. The first-order chi connectivity index (χ1) is 9.31. The predicted octanol–water partition coefficient (Wildman–Crippen LogP) is 3.78. The third-order valence-electron chi connectivity index (χ3n) is 3.72. The van der Waals surface area contributed by atoms with E-state index in [0.29, 0.717) is 6.04 Å².